The van der Waals surface area contributed by atoms with Gasteiger partial charge < -0.3 is 4.57 Å². The Kier molecular flexibility index (Phi) is 5.22. The van der Waals surface area contributed by atoms with Crippen LogP contribution in [0.4, 0.5) is 0 Å². The molecule has 0 aliphatic heterocycles. The van der Waals surface area contributed by atoms with Crippen LogP contribution in [0.5, 0.6) is 0 Å². The Hall–Kier alpha value is -4.18. The Morgan fingerprint density at radius 1 is 0.487 bits per heavy atom. The van der Waals surface area contributed by atoms with Crippen molar-refractivity contribution in [3.63, 3.8) is 0 Å². The van der Waals surface area contributed by atoms with Crippen LogP contribution in [-0.2, 0) is 0 Å². The van der Waals surface area contributed by atoms with E-state index >= 15 is 0 Å². The predicted octanol–water partition coefficient (Wildman–Crippen LogP) is 11.2. The van der Waals surface area contributed by atoms with Gasteiger partial charge in [0.1, 0.15) is 0 Å². The van der Waals surface area contributed by atoms with Crippen LogP contribution in [0.3, 0.4) is 0 Å². The average Bonchev–Trinajstić information content (AvgIpc) is 3.52. The standard InChI is InChI=1S/C36H22BrNS/c37-26-17-19-34-31(22-26)36-28(13-7-15-35(36)39-34)25-16-18-30-29-12-4-5-14-32(29)38(33(30)21-25)27-11-6-10-24(20-27)23-8-2-1-3-9-23/h1-22H. The summed E-state index contributed by atoms with van der Waals surface area (Å²) in [6.07, 6.45) is 0. The van der Waals surface area contributed by atoms with Crippen LogP contribution in [-0.4, -0.2) is 4.57 Å². The van der Waals surface area contributed by atoms with Crippen LogP contribution in [0.1, 0.15) is 0 Å². The topological polar surface area (TPSA) is 4.93 Å². The molecule has 0 radical (unpaired) electrons. The minimum atomic E-state index is 1.11. The number of thiophene rings is 1. The lowest BCUT2D eigenvalue weighted by Crippen LogP contribution is -1.94. The highest BCUT2D eigenvalue weighted by atomic mass is 79.9. The molecular formula is C36H22BrNS. The molecule has 0 N–H and O–H groups in total. The maximum absolute atomic E-state index is 3.70. The first-order chi connectivity index (χ1) is 19.2. The second kappa shape index (κ2) is 8.94. The minimum absolute atomic E-state index is 1.11. The van der Waals surface area contributed by atoms with E-state index in [1.165, 1.54) is 69.9 Å². The Bertz CT molecular complexity index is 2190. The SMILES string of the molecule is Brc1ccc2sc3cccc(-c4ccc5c6ccccc6n(-c6cccc(-c7ccccc7)c6)c5c4)c3c2c1. The lowest BCUT2D eigenvalue weighted by atomic mass is 9.98. The normalized spacial score (nSPS) is 11.7. The first kappa shape index (κ1) is 22.8. The van der Waals surface area contributed by atoms with Gasteiger partial charge in [0.05, 0.1) is 11.0 Å². The smallest absolute Gasteiger partial charge is 0.0547 e. The largest absolute Gasteiger partial charge is 0.309 e. The molecule has 0 amide bonds. The summed E-state index contributed by atoms with van der Waals surface area (Å²) in [6, 6.07) is 48.5. The first-order valence-corrected chi connectivity index (χ1v) is 14.7. The van der Waals surface area contributed by atoms with Crippen molar-refractivity contribution in [3.05, 3.63) is 138 Å². The third kappa shape index (κ3) is 3.65. The number of hydrogen-bond acceptors (Lipinski definition) is 1. The summed E-state index contributed by atoms with van der Waals surface area (Å²) in [6.45, 7) is 0. The van der Waals surface area contributed by atoms with Gasteiger partial charge in [-0.2, -0.15) is 0 Å². The van der Waals surface area contributed by atoms with Gasteiger partial charge in [0.2, 0.25) is 0 Å². The molecule has 0 spiro atoms. The zero-order valence-corrected chi connectivity index (χ0v) is 23.3. The molecule has 0 aliphatic carbocycles. The third-order valence-electron chi connectivity index (χ3n) is 7.65. The molecule has 8 rings (SSSR count). The molecule has 39 heavy (non-hydrogen) atoms. The number of rotatable bonds is 3. The fraction of sp³-hybridized carbons (Fsp3) is 0. The summed E-state index contributed by atoms with van der Waals surface area (Å²) in [5, 5.41) is 5.17. The van der Waals surface area contributed by atoms with Crippen LogP contribution >= 0.6 is 27.3 Å². The zero-order valence-electron chi connectivity index (χ0n) is 20.9. The van der Waals surface area contributed by atoms with E-state index in [2.05, 4.69) is 154 Å². The van der Waals surface area contributed by atoms with Crippen LogP contribution in [0.2, 0.25) is 0 Å². The van der Waals surface area contributed by atoms with Crippen molar-refractivity contribution in [2.24, 2.45) is 0 Å². The van der Waals surface area contributed by atoms with Crippen molar-refractivity contribution in [1.82, 2.24) is 4.57 Å². The van der Waals surface area contributed by atoms with E-state index < -0.39 is 0 Å². The zero-order chi connectivity index (χ0) is 25.9. The summed E-state index contributed by atoms with van der Waals surface area (Å²) in [5.74, 6) is 0. The van der Waals surface area contributed by atoms with Crippen molar-refractivity contribution < 1.29 is 0 Å². The minimum Gasteiger partial charge on any atom is -0.309 e. The van der Waals surface area contributed by atoms with Gasteiger partial charge in [-0.05, 0) is 70.8 Å². The number of para-hydroxylation sites is 1. The Morgan fingerprint density at radius 3 is 2.21 bits per heavy atom. The lowest BCUT2D eigenvalue weighted by molar-refractivity contribution is 1.18. The molecule has 0 atom stereocenters. The highest BCUT2D eigenvalue weighted by molar-refractivity contribution is 9.10. The van der Waals surface area contributed by atoms with Gasteiger partial charge in [-0.15, -0.1) is 11.3 Å². The van der Waals surface area contributed by atoms with Gasteiger partial charge in [-0.25, -0.2) is 0 Å². The molecule has 0 fully saturated rings. The lowest BCUT2D eigenvalue weighted by Gasteiger charge is -2.11. The molecule has 3 heteroatoms. The Balaban J connectivity index is 1.41. The van der Waals surface area contributed by atoms with Crippen molar-refractivity contribution in [3.8, 4) is 27.9 Å². The van der Waals surface area contributed by atoms with Gasteiger partial charge in [0.15, 0.2) is 0 Å². The van der Waals surface area contributed by atoms with Crippen molar-refractivity contribution >= 4 is 69.2 Å². The molecule has 2 aromatic heterocycles. The molecular weight excluding hydrogens is 558 g/mol. The fourth-order valence-electron chi connectivity index (χ4n) is 5.91. The van der Waals surface area contributed by atoms with E-state index in [9.17, 15) is 0 Å². The van der Waals surface area contributed by atoms with Gasteiger partial charge in [0.25, 0.3) is 0 Å². The van der Waals surface area contributed by atoms with Crippen LogP contribution in [0.25, 0.3) is 69.9 Å². The molecule has 6 aromatic carbocycles. The molecule has 8 aromatic rings. The summed E-state index contributed by atoms with van der Waals surface area (Å²) in [7, 11) is 0. The van der Waals surface area contributed by atoms with Gasteiger partial charge in [-0.1, -0.05) is 101 Å². The molecule has 0 saturated carbocycles. The van der Waals surface area contributed by atoms with E-state index in [0.29, 0.717) is 0 Å². The Labute approximate surface area is 238 Å². The monoisotopic (exact) mass is 579 g/mol. The number of benzene rings is 6. The summed E-state index contributed by atoms with van der Waals surface area (Å²) in [4.78, 5) is 0. The van der Waals surface area contributed by atoms with Crippen molar-refractivity contribution in [2.75, 3.05) is 0 Å². The van der Waals surface area contributed by atoms with Crippen LogP contribution in [0.15, 0.2) is 138 Å². The summed E-state index contributed by atoms with van der Waals surface area (Å²) in [5.41, 5.74) is 8.56. The highest BCUT2D eigenvalue weighted by Gasteiger charge is 2.16. The van der Waals surface area contributed by atoms with Gasteiger partial charge in [-0.3, -0.25) is 0 Å². The van der Waals surface area contributed by atoms with Crippen LogP contribution in [0, 0.1) is 0 Å². The van der Waals surface area contributed by atoms with Crippen molar-refractivity contribution in [2.45, 2.75) is 0 Å². The van der Waals surface area contributed by atoms with Crippen molar-refractivity contribution in [1.29, 1.82) is 0 Å². The number of aromatic nitrogens is 1. The molecule has 2 heterocycles. The summed E-state index contributed by atoms with van der Waals surface area (Å²) >= 11 is 5.56. The number of nitrogens with zero attached hydrogens (tertiary/aromatic N) is 1. The number of halogens is 1. The molecule has 1 nitrogen and oxygen atoms in total. The molecule has 184 valence electrons. The van der Waals surface area contributed by atoms with Gasteiger partial charge in [0, 0.05) is 41.1 Å². The first-order valence-electron chi connectivity index (χ1n) is 13.0. The van der Waals surface area contributed by atoms with Gasteiger partial charge >= 0.3 is 0 Å². The van der Waals surface area contributed by atoms with Crippen LogP contribution < -0.4 is 0 Å². The average molecular weight is 581 g/mol. The van der Waals surface area contributed by atoms with E-state index in [-0.39, 0.29) is 0 Å². The number of fused-ring (bicyclic) bond motifs is 6. The van der Waals surface area contributed by atoms with E-state index in [0.717, 1.165) is 4.47 Å². The van der Waals surface area contributed by atoms with E-state index in [1.54, 1.807) is 0 Å². The maximum atomic E-state index is 3.70. The second-order valence-electron chi connectivity index (χ2n) is 9.92. The number of hydrogen-bond donors (Lipinski definition) is 0. The summed E-state index contributed by atoms with van der Waals surface area (Å²) < 4.78 is 6.16. The maximum Gasteiger partial charge on any atom is 0.0547 e. The predicted molar refractivity (Wildman–Crippen MR) is 172 cm³/mol. The molecule has 0 saturated heterocycles. The molecule has 0 bridgehead atoms. The fourth-order valence-corrected chi connectivity index (χ4v) is 7.38. The highest BCUT2D eigenvalue weighted by Crippen LogP contribution is 2.42. The van der Waals surface area contributed by atoms with E-state index in [1.807, 2.05) is 11.3 Å². The Morgan fingerprint density at radius 2 is 1.28 bits per heavy atom. The van der Waals surface area contributed by atoms with E-state index in [4.69, 9.17) is 0 Å². The second-order valence-corrected chi connectivity index (χ2v) is 11.9. The third-order valence-corrected chi connectivity index (χ3v) is 9.28. The molecule has 0 aliphatic rings. The quantitative estimate of drug-likeness (QED) is 0.196. The molecule has 0 unspecified atom stereocenters.